The number of pyridine rings is 1. The second-order valence-corrected chi connectivity index (χ2v) is 4.52. The fourth-order valence-corrected chi connectivity index (χ4v) is 2.35. The van der Waals surface area contributed by atoms with Crippen LogP contribution >= 0.6 is 11.6 Å². The van der Waals surface area contributed by atoms with Crippen LogP contribution in [0.15, 0.2) is 12.1 Å². The Balaban J connectivity index is 2.92. The molecule has 0 atom stereocenters. The number of rotatable bonds is 2. The fraction of sp³-hybridized carbons (Fsp3) is 0.308. The molecule has 0 saturated heterocycles. The molecule has 0 fully saturated rings. The standard InChI is InChI=1S/C13H16ClN3/c1-4-9-8(3)16-12-7(2)11(14)6-5-10(12)13(9)17-15/h5-6H,4,15H2,1-3H3,(H,16,17). The van der Waals surface area contributed by atoms with Gasteiger partial charge in [-0.3, -0.25) is 10.8 Å². The minimum absolute atomic E-state index is 0.733. The van der Waals surface area contributed by atoms with E-state index in [0.29, 0.717) is 0 Å². The second-order valence-electron chi connectivity index (χ2n) is 4.12. The third-order valence-electron chi connectivity index (χ3n) is 3.15. The van der Waals surface area contributed by atoms with Crippen molar-refractivity contribution in [2.45, 2.75) is 27.2 Å². The Morgan fingerprint density at radius 1 is 1.35 bits per heavy atom. The van der Waals surface area contributed by atoms with E-state index in [-0.39, 0.29) is 0 Å². The van der Waals surface area contributed by atoms with Crippen molar-refractivity contribution < 1.29 is 0 Å². The molecule has 3 nitrogen and oxygen atoms in total. The van der Waals surface area contributed by atoms with Crippen LogP contribution in [-0.4, -0.2) is 4.98 Å². The molecule has 3 N–H and O–H groups in total. The number of hydrogen-bond donors (Lipinski definition) is 2. The number of nitrogen functional groups attached to an aromatic ring is 1. The Kier molecular flexibility index (Phi) is 3.22. The average molecular weight is 250 g/mol. The highest BCUT2D eigenvalue weighted by Gasteiger charge is 2.13. The summed E-state index contributed by atoms with van der Waals surface area (Å²) >= 11 is 6.12. The van der Waals surface area contributed by atoms with Gasteiger partial charge < -0.3 is 5.43 Å². The lowest BCUT2D eigenvalue weighted by molar-refractivity contribution is 1.06. The summed E-state index contributed by atoms with van der Waals surface area (Å²) < 4.78 is 0. The van der Waals surface area contributed by atoms with Crippen molar-refractivity contribution in [2.75, 3.05) is 5.43 Å². The molecule has 0 aliphatic heterocycles. The molecule has 90 valence electrons. The summed E-state index contributed by atoms with van der Waals surface area (Å²) in [5.41, 5.74) is 7.81. The number of halogens is 1. The number of aromatic nitrogens is 1. The van der Waals surface area contributed by atoms with Crippen molar-refractivity contribution in [1.82, 2.24) is 4.98 Å². The van der Waals surface area contributed by atoms with Crippen LogP contribution in [0.1, 0.15) is 23.7 Å². The van der Waals surface area contributed by atoms with Crippen LogP contribution in [0, 0.1) is 13.8 Å². The predicted octanol–water partition coefficient (Wildman–Crippen LogP) is 3.35. The molecule has 1 heterocycles. The zero-order valence-corrected chi connectivity index (χ0v) is 11.0. The molecule has 2 aromatic rings. The van der Waals surface area contributed by atoms with Crippen molar-refractivity contribution in [1.29, 1.82) is 0 Å². The zero-order valence-electron chi connectivity index (χ0n) is 10.3. The first-order chi connectivity index (χ1) is 8.10. The maximum atomic E-state index is 6.12. The highest BCUT2D eigenvalue weighted by atomic mass is 35.5. The minimum Gasteiger partial charge on any atom is -0.323 e. The van der Waals surface area contributed by atoms with Crippen molar-refractivity contribution in [3.63, 3.8) is 0 Å². The third kappa shape index (κ3) is 1.85. The predicted molar refractivity (Wildman–Crippen MR) is 73.4 cm³/mol. The number of aryl methyl sites for hydroxylation is 2. The third-order valence-corrected chi connectivity index (χ3v) is 3.56. The highest BCUT2D eigenvalue weighted by Crippen LogP contribution is 2.32. The number of nitrogens with one attached hydrogen (secondary N) is 1. The van der Waals surface area contributed by atoms with Crippen LogP contribution in [0.4, 0.5) is 5.69 Å². The smallest absolute Gasteiger partial charge is 0.0770 e. The first-order valence-corrected chi connectivity index (χ1v) is 6.02. The SMILES string of the molecule is CCc1c(C)nc2c(C)c(Cl)ccc2c1NN. The number of nitrogens with zero attached hydrogens (tertiary/aromatic N) is 1. The van der Waals surface area contributed by atoms with Crippen LogP contribution in [0.3, 0.4) is 0 Å². The highest BCUT2D eigenvalue weighted by molar-refractivity contribution is 6.32. The normalized spacial score (nSPS) is 10.9. The van der Waals surface area contributed by atoms with Crippen molar-refractivity contribution in [2.24, 2.45) is 5.84 Å². The fourth-order valence-electron chi connectivity index (χ4n) is 2.20. The van der Waals surface area contributed by atoms with Crippen LogP contribution in [-0.2, 0) is 6.42 Å². The van der Waals surface area contributed by atoms with E-state index in [2.05, 4.69) is 17.3 Å². The average Bonchev–Trinajstić information content (AvgIpc) is 2.33. The van der Waals surface area contributed by atoms with Crippen LogP contribution < -0.4 is 11.3 Å². The largest absolute Gasteiger partial charge is 0.323 e. The molecular weight excluding hydrogens is 234 g/mol. The minimum atomic E-state index is 0.733. The number of nitrogens with two attached hydrogens (primary N) is 1. The van der Waals surface area contributed by atoms with Crippen LogP contribution in [0.2, 0.25) is 5.02 Å². The number of anilines is 1. The molecule has 1 aromatic heterocycles. The first kappa shape index (κ1) is 12.1. The topological polar surface area (TPSA) is 50.9 Å². The van der Waals surface area contributed by atoms with Gasteiger partial charge in [0, 0.05) is 16.1 Å². The maximum absolute atomic E-state index is 6.12. The Bertz CT molecular complexity index is 579. The molecule has 0 saturated carbocycles. The second kappa shape index (κ2) is 4.51. The van der Waals surface area contributed by atoms with Gasteiger partial charge in [0.1, 0.15) is 0 Å². The lowest BCUT2D eigenvalue weighted by Crippen LogP contribution is -2.11. The number of fused-ring (bicyclic) bond motifs is 1. The number of hydrazine groups is 1. The van der Waals surface area contributed by atoms with Crippen molar-refractivity contribution in [3.8, 4) is 0 Å². The summed E-state index contributed by atoms with van der Waals surface area (Å²) in [6, 6.07) is 3.85. The molecule has 2 rings (SSSR count). The molecule has 0 spiro atoms. The van der Waals surface area contributed by atoms with Gasteiger partial charge in [0.05, 0.1) is 11.2 Å². The van der Waals surface area contributed by atoms with Gasteiger partial charge in [-0.2, -0.15) is 0 Å². The van der Waals surface area contributed by atoms with Gasteiger partial charge in [0.25, 0.3) is 0 Å². The zero-order chi connectivity index (χ0) is 12.6. The van der Waals surface area contributed by atoms with Gasteiger partial charge in [0.2, 0.25) is 0 Å². The molecule has 0 aliphatic rings. The van der Waals surface area contributed by atoms with E-state index in [9.17, 15) is 0 Å². The molecule has 0 bridgehead atoms. The van der Waals surface area contributed by atoms with E-state index in [4.69, 9.17) is 17.4 Å². The van der Waals surface area contributed by atoms with Gasteiger partial charge >= 0.3 is 0 Å². The molecule has 0 amide bonds. The quantitative estimate of drug-likeness (QED) is 0.634. The molecule has 0 aliphatic carbocycles. The Labute approximate surface area is 106 Å². The van der Waals surface area contributed by atoms with E-state index < -0.39 is 0 Å². The van der Waals surface area contributed by atoms with Gasteiger partial charge in [0.15, 0.2) is 0 Å². The van der Waals surface area contributed by atoms with Crippen molar-refractivity contribution >= 4 is 28.2 Å². The van der Waals surface area contributed by atoms with Crippen LogP contribution in [0.5, 0.6) is 0 Å². The Morgan fingerprint density at radius 2 is 2.06 bits per heavy atom. The summed E-state index contributed by atoms with van der Waals surface area (Å²) in [5.74, 6) is 5.64. The van der Waals surface area contributed by atoms with Crippen LogP contribution in [0.25, 0.3) is 10.9 Å². The number of benzene rings is 1. The van der Waals surface area contributed by atoms with E-state index >= 15 is 0 Å². The first-order valence-electron chi connectivity index (χ1n) is 5.65. The molecule has 0 radical (unpaired) electrons. The molecular formula is C13H16ClN3. The Hall–Kier alpha value is -1.32. The van der Waals surface area contributed by atoms with E-state index in [1.807, 2.05) is 26.0 Å². The molecule has 0 unspecified atom stereocenters. The van der Waals surface area contributed by atoms with E-state index in [1.165, 1.54) is 0 Å². The summed E-state index contributed by atoms with van der Waals surface area (Å²) in [6.45, 7) is 6.07. The van der Waals surface area contributed by atoms with Crippen molar-refractivity contribution in [3.05, 3.63) is 34.0 Å². The lowest BCUT2D eigenvalue weighted by Gasteiger charge is -2.15. The van der Waals surface area contributed by atoms with Gasteiger partial charge in [-0.05, 0) is 43.5 Å². The van der Waals surface area contributed by atoms with E-state index in [0.717, 1.165) is 44.9 Å². The van der Waals surface area contributed by atoms with Gasteiger partial charge in [-0.25, -0.2) is 0 Å². The Morgan fingerprint density at radius 3 is 2.65 bits per heavy atom. The lowest BCUT2D eigenvalue weighted by atomic mass is 10.0. The summed E-state index contributed by atoms with van der Waals surface area (Å²) in [7, 11) is 0. The molecule has 4 heteroatoms. The summed E-state index contributed by atoms with van der Waals surface area (Å²) in [5, 5.41) is 1.76. The molecule has 17 heavy (non-hydrogen) atoms. The monoisotopic (exact) mass is 249 g/mol. The molecule has 1 aromatic carbocycles. The van der Waals surface area contributed by atoms with Gasteiger partial charge in [-0.1, -0.05) is 18.5 Å². The maximum Gasteiger partial charge on any atom is 0.0770 e. The van der Waals surface area contributed by atoms with Gasteiger partial charge in [-0.15, -0.1) is 0 Å². The summed E-state index contributed by atoms with van der Waals surface area (Å²) in [4.78, 5) is 4.64. The van der Waals surface area contributed by atoms with E-state index in [1.54, 1.807) is 0 Å². The number of hydrogen-bond acceptors (Lipinski definition) is 3. The summed E-state index contributed by atoms with van der Waals surface area (Å²) in [6.07, 6.45) is 0.899.